The zero-order valence-electron chi connectivity index (χ0n) is 10.1. The van der Waals surface area contributed by atoms with Gasteiger partial charge in [0.15, 0.2) is 0 Å². The summed E-state index contributed by atoms with van der Waals surface area (Å²) in [6.45, 7) is 5.01. The molecule has 0 N–H and O–H groups in total. The molecule has 0 aromatic heterocycles. The maximum absolute atomic E-state index is 3.57. The minimum absolute atomic E-state index is 0.788. The minimum Gasteiger partial charge on any atom is -0.370 e. The van der Waals surface area contributed by atoms with E-state index in [2.05, 4.69) is 50.0 Å². The first-order valence-corrected chi connectivity index (χ1v) is 7.37. The van der Waals surface area contributed by atoms with Crippen molar-refractivity contribution >= 4 is 21.6 Å². The van der Waals surface area contributed by atoms with Crippen LogP contribution in [0, 0.1) is 0 Å². The van der Waals surface area contributed by atoms with Gasteiger partial charge in [0.25, 0.3) is 0 Å². The van der Waals surface area contributed by atoms with Crippen molar-refractivity contribution in [3.63, 3.8) is 0 Å². The molecular formula is C14H19BrN2. The number of rotatable bonds is 1. The molecule has 2 aliphatic heterocycles. The Labute approximate surface area is 112 Å². The summed E-state index contributed by atoms with van der Waals surface area (Å²) in [5.74, 6) is 0. The highest BCUT2D eigenvalue weighted by molar-refractivity contribution is 9.10. The van der Waals surface area contributed by atoms with E-state index < -0.39 is 0 Å². The fourth-order valence-corrected chi connectivity index (χ4v) is 3.50. The molecule has 2 fully saturated rings. The SMILES string of the molecule is Brc1cccc(N2CCCN3CCCC3C2)c1. The van der Waals surface area contributed by atoms with Gasteiger partial charge >= 0.3 is 0 Å². The van der Waals surface area contributed by atoms with E-state index in [9.17, 15) is 0 Å². The Morgan fingerprint density at radius 2 is 2.00 bits per heavy atom. The molecule has 17 heavy (non-hydrogen) atoms. The number of benzene rings is 1. The van der Waals surface area contributed by atoms with Crippen molar-refractivity contribution in [2.75, 3.05) is 31.1 Å². The van der Waals surface area contributed by atoms with Crippen LogP contribution in [0.2, 0.25) is 0 Å². The number of fused-ring (bicyclic) bond motifs is 1. The van der Waals surface area contributed by atoms with Gasteiger partial charge in [-0.25, -0.2) is 0 Å². The predicted octanol–water partition coefficient (Wildman–Crippen LogP) is 3.12. The molecule has 2 nitrogen and oxygen atoms in total. The van der Waals surface area contributed by atoms with Gasteiger partial charge in [0.1, 0.15) is 0 Å². The summed E-state index contributed by atoms with van der Waals surface area (Å²) in [6, 6.07) is 9.50. The van der Waals surface area contributed by atoms with Crippen LogP contribution in [0.1, 0.15) is 19.3 Å². The van der Waals surface area contributed by atoms with Crippen molar-refractivity contribution in [2.24, 2.45) is 0 Å². The fourth-order valence-electron chi connectivity index (χ4n) is 3.11. The summed E-state index contributed by atoms with van der Waals surface area (Å²) in [7, 11) is 0. The Kier molecular flexibility index (Phi) is 3.39. The predicted molar refractivity (Wildman–Crippen MR) is 75.6 cm³/mol. The minimum atomic E-state index is 0.788. The molecule has 1 atom stereocenters. The van der Waals surface area contributed by atoms with Crippen LogP contribution in [-0.2, 0) is 0 Å². The maximum atomic E-state index is 3.57. The van der Waals surface area contributed by atoms with Gasteiger partial charge < -0.3 is 4.90 Å². The molecule has 1 aromatic carbocycles. The first-order valence-electron chi connectivity index (χ1n) is 6.57. The standard InChI is InChI=1S/C14H19BrN2/c15-12-4-1-5-13(10-12)17-9-3-8-16-7-2-6-14(16)11-17/h1,4-5,10,14H,2-3,6-9,11H2. The Balaban J connectivity index is 1.78. The lowest BCUT2D eigenvalue weighted by atomic mass is 10.2. The van der Waals surface area contributed by atoms with Crippen LogP contribution in [-0.4, -0.2) is 37.1 Å². The topological polar surface area (TPSA) is 6.48 Å². The third kappa shape index (κ3) is 2.50. The molecule has 3 heteroatoms. The monoisotopic (exact) mass is 294 g/mol. The molecule has 0 bridgehead atoms. The van der Waals surface area contributed by atoms with E-state index in [1.807, 2.05) is 0 Å². The van der Waals surface area contributed by atoms with Gasteiger partial charge in [0.05, 0.1) is 0 Å². The zero-order valence-corrected chi connectivity index (χ0v) is 11.7. The Morgan fingerprint density at radius 3 is 2.88 bits per heavy atom. The van der Waals surface area contributed by atoms with Crippen LogP contribution in [0.25, 0.3) is 0 Å². The molecule has 0 amide bonds. The summed E-state index contributed by atoms with van der Waals surface area (Å²) >= 11 is 3.57. The van der Waals surface area contributed by atoms with E-state index in [1.165, 1.54) is 55.6 Å². The molecule has 2 heterocycles. The largest absolute Gasteiger partial charge is 0.370 e. The van der Waals surface area contributed by atoms with Crippen LogP contribution in [0.3, 0.4) is 0 Å². The summed E-state index contributed by atoms with van der Waals surface area (Å²) in [5.41, 5.74) is 1.37. The third-order valence-electron chi connectivity index (χ3n) is 3.98. The summed E-state index contributed by atoms with van der Waals surface area (Å²) < 4.78 is 1.18. The molecular weight excluding hydrogens is 276 g/mol. The van der Waals surface area contributed by atoms with Crippen LogP contribution in [0.15, 0.2) is 28.7 Å². The van der Waals surface area contributed by atoms with Gasteiger partial charge in [-0.2, -0.15) is 0 Å². The van der Waals surface area contributed by atoms with E-state index in [1.54, 1.807) is 0 Å². The molecule has 0 saturated carbocycles. The first kappa shape index (κ1) is 11.5. The van der Waals surface area contributed by atoms with E-state index in [0.717, 1.165) is 6.04 Å². The summed E-state index contributed by atoms with van der Waals surface area (Å²) in [4.78, 5) is 5.23. The molecule has 0 spiro atoms. The number of hydrogen-bond acceptors (Lipinski definition) is 2. The van der Waals surface area contributed by atoms with Crippen LogP contribution < -0.4 is 4.90 Å². The molecule has 3 rings (SSSR count). The molecule has 1 unspecified atom stereocenters. The van der Waals surface area contributed by atoms with Crippen molar-refractivity contribution in [3.8, 4) is 0 Å². The van der Waals surface area contributed by atoms with Crippen molar-refractivity contribution in [1.29, 1.82) is 0 Å². The second-order valence-corrected chi connectivity index (χ2v) is 6.03. The van der Waals surface area contributed by atoms with Gasteiger partial charge in [-0.15, -0.1) is 0 Å². The lowest BCUT2D eigenvalue weighted by Gasteiger charge is -2.27. The quantitative estimate of drug-likeness (QED) is 0.785. The van der Waals surface area contributed by atoms with Gasteiger partial charge in [0.2, 0.25) is 0 Å². The van der Waals surface area contributed by atoms with Gasteiger partial charge in [0, 0.05) is 35.8 Å². The molecule has 0 radical (unpaired) electrons. The number of nitrogens with zero attached hydrogens (tertiary/aromatic N) is 2. The zero-order chi connectivity index (χ0) is 11.7. The summed E-state index contributed by atoms with van der Waals surface area (Å²) in [5, 5.41) is 0. The molecule has 2 saturated heterocycles. The van der Waals surface area contributed by atoms with Crippen molar-refractivity contribution in [3.05, 3.63) is 28.7 Å². The number of hydrogen-bond donors (Lipinski definition) is 0. The van der Waals surface area contributed by atoms with Gasteiger partial charge in [-0.3, -0.25) is 4.90 Å². The third-order valence-corrected chi connectivity index (χ3v) is 4.47. The smallest absolute Gasteiger partial charge is 0.0378 e. The average Bonchev–Trinajstić information content (AvgIpc) is 2.66. The Hall–Kier alpha value is -0.540. The highest BCUT2D eigenvalue weighted by Gasteiger charge is 2.28. The van der Waals surface area contributed by atoms with E-state index in [-0.39, 0.29) is 0 Å². The lowest BCUT2D eigenvalue weighted by Crippen LogP contribution is -2.36. The second kappa shape index (κ2) is 4.99. The lowest BCUT2D eigenvalue weighted by molar-refractivity contribution is 0.273. The highest BCUT2D eigenvalue weighted by Crippen LogP contribution is 2.26. The van der Waals surface area contributed by atoms with Crippen LogP contribution in [0.4, 0.5) is 5.69 Å². The number of anilines is 1. The fraction of sp³-hybridized carbons (Fsp3) is 0.571. The van der Waals surface area contributed by atoms with E-state index in [4.69, 9.17) is 0 Å². The molecule has 1 aromatic rings. The Bertz CT molecular complexity index is 394. The van der Waals surface area contributed by atoms with Crippen molar-refractivity contribution < 1.29 is 0 Å². The van der Waals surface area contributed by atoms with E-state index in [0.29, 0.717) is 0 Å². The van der Waals surface area contributed by atoms with Crippen LogP contribution in [0.5, 0.6) is 0 Å². The van der Waals surface area contributed by atoms with Gasteiger partial charge in [-0.1, -0.05) is 22.0 Å². The Morgan fingerprint density at radius 1 is 1.12 bits per heavy atom. The average molecular weight is 295 g/mol. The van der Waals surface area contributed by atoms with E-state index >= 15 is 0 Å². The normalized spacial score (nSPS) is 25.7. The number of halogens is 1. The molecule has 92 valence electrons. The summed E-state index contributed by atoms with van der Waals surface area (Å²) in [6.07, 6.45) is 4.06. The molecule has 2 aliphatic rings. The first-order chi connectivity index (χ1) is 8.33. The maximum Gasteiger partial charge on any atom is 0.0378 e. The second-order valence-electron chi connectivity index (χ2n) is 5.11. The highest BCUT2D eigenvalue weighted by atomic mass is 79.9. The van der Waals surface area contributed by atoms with Crippen LogP contribution >= 0.6 is 15.9 Å². The van der Waals surface area contributed by atoms with Crippen molar-refractivity contribution in [1.82, 2.24) is 4.90 Å². The molecule has 0 aliphatic carbocycles. The van der Waals surface area contributed by atoms with Gasteiger partial charge in [-0.05, 0) is 44.0 Å². The van der Waals surface area contributed by atoms with Crippen molar-refractivity contribution in [2.45, 2.75) is 25.3 Å².